The van der Waals surface area contributed by atoms with E-state index in [-0.39, 0.29) is 10.8 Å². The molecule has 0 amide bonds. The third kappa shape index (κ3) is 6.89. The normalized spacial score (nSPS) is 12.5. The highest BCUT2D eigenvalue weighted by molar-refractivity contribution is 6.23. The molecule has 0 aliphatic heterocycles. The second-order valence-electron chi connectivity index (χ2n) is 22.8. The van der Waals surface area contributed by atoms with Crippen molar-refractivity contribution in [2.75, 3.05) is 9.80 Å². The topological polar surface area (TPSA) is 82.8 Å². The summed E-state index contributed by atoms with van der Waals surface area (Å²) in [5, 5.41) is 22.6. The van der Waals surface area contributed by atoms with E-state index in [4.69, 9.17) is 17.7 Å². The zero-order chi connectivity index (χ0) is 52.8. The second kappa shape index (κ2) is 16.6. The van der Waals surface area contributed by atoms with Crippen LogP contribution in [0, 0.1) is 11.3 Å². The smallest absolute Gasteiger partial charge is 0.179 e. The summed E-state index contributed by atoms with van der Waals surface area (Å²) in [6, 6.07) is 72.7. The highest BCUT2D eigenvalue weighted by Crippen LogP contribution is 2.49. The van der Waals surface area contributed by atoms with E-state index >= 15 is 0 Å². The van der Waals surface area contributed by atoms with Crippen molar-refractivity contribution in [1.82, 2.24) is 0 Å². The lowest BCUT2D eigenvalue weighted by atomic mass is 9.86. The number of anilines is 6. The van der Waals surface area contributed by atoms with Gasteiger partial charge in [0, 0.05) is 77.0 Å². The van der Waals surface area contributed by atoms with Crippen LogP contribution in [0.4, 0.5) is 34.1 Å². The molecule has 15 rings (SSSR count). The molecule has 4 heterocycles. The maximum absolute atomic E-state index is 10.8. The van der Waals surface area contributed by atoms with E-state index in [0.29, 0.717) is 27.9 Å². The Morgan fingerprint density at radius 3 is 1.27 bits per heavy atom. The van der Waals surface area contributed by atoms with E-state index in [1.54, 1.807) is 0 Å². The number of para-hydroxylation sites is 6. The largest absolute Gasteiger partial charge is 0.454 e. The molecule has 78 heavy (non-hydrogen) atoms. The maximum atomic E-state index is 10.8. The van der Waals surface area contributed by atoms with Gasteiger partial charge in [0.1, 0.15) is 22.3 Å². The first-order valence-corrected chi connectivity index (χ1v) is 26.6. The van der Waals surface area contributed by atoms with Crippen LogP contribution in [0.25, 0.3) is 109 Å². The molecule has 11 aromatic carbocycles. The van der Waals surface area contributed by atoms with Gasteiger partial charge in [0.05, 0.1) is 23.0 Å². The summed E-state index contributed by atoms with van der Waals surface area (Å²) in [5.41, 5.74) is 14.5. The van der Waals surface area contributed by atoms with Crippen LogP contribution in [0.3, 0.4) is 0 Å². The number of nitriles is 1. The van der Waals surface area contributed by atoms with Gasteiger partial charge >= 0.3 is 0 Å². The summed E-state index contributed by atoms with van der Waals surface area (Å²) in [7, 11) is 0. The minimum atomic E-state index is -0.102. The lowest BCUT2D eigenvalue weighted by Gasteiger charge is -2.25. The van der Waals surface area contributed by atoms with Crippen molar-refractivity contribution in [3.8, 4) is 6.07 Å². The monoisotopic (exact) mass is 1010 g/mol. The zero-order valence-corrected chi connectivity index (χ0v) is 44.0. The molecule has 0 saturated carbocycles. The summed E-state index contributed by atoms with van der Waals surface area (Å²) >= 11 is 0. The van der Waals surface area contributed by atoms with Crippen molar-refractivity contribution in [3.05, 3.63) is 217 Å². The Hall–Kier alpha value is -9.77. The van der Waals surface area contributed by atoms with Crippen LogP contribution in [-0.2, 0) is 10.8 Å². The molecule has 0 atom stereocenters. The molecular formula is C71H51N3O4. The van der Waals surface area contributed by atoms with Crippen molar-refractivity contribution >= 4 is 143 Å². The molecule has 0 spiro atoms. The highest BCUT2D eigenvalue weighted by atomic mass is 16.4. The van der Waals surface area contributed by atoms with Crippen LogP contribution in [-0.4, -0.2) is 0 Å². The molecule has 0 N–H and O–H groups in total. The van der Waals surface area contributed by atoms with Gasteiger partial charge in [-0.1, -0.05) is 151 Å². The van der Waals surface area contributed by atoms with Crippen LogP contribution < -0.4 is 9.80 Å². The second-order valence-corrected chi connectivity index (χ2v) is 22.8. The van der Waals surface area contributed by atoms with E-state index in [0.717, 1.165) is 121 Å². The fourth-order valence-corrected chi connectivity index (χ4v) is 12.1. The fraction of sp³-hybridized carbons (Fsp3) is 0.113. The van der Waals surface area contributed by atoms with Gasteiger partial charge in [-0.05, 0) is 123 Å². The van der Waals surface area contributed by atoms with Crippen LogP contribution in [0.2, 0.25) is 0 Å². The lowest BCUT2D eigenvalue weighted by Crippen LogP contribution is -2.11. The minimum Gasteiger partial charge on any atom is -0.454 e. The van der Waals surface area contributed by atoms with Crippen LogP contribution in [0.5, 0.6) is 0 Å². The highest BCUT2D eigenvalue weighted by Gasteiger charge is 2.27. The van der Waals surface area contributed by atoms with Gasteiger partial charge in [-0.25, -0.2) is 0 Å². The van der Waals surface area contributed by atoms with Crippen LogP contribution >= 0.6 is 0 Å². The molecule has 0 saturated heterocycles. The summed E-state index contributed by atoms with van der Waals surface area (Å²) in [6.45, 7) is 13.4. The predicted octanol–water partition coefficient (Wildman–Crippen LogP) is 21.0. The Bertz CT molecular complexity index is 5020. The Labute approximate surface area is 449 Å². The van der Waals surface area contributed by atoms with Gasteiger partial charge in [0.15, 0.2) is 22.3 Å². The third-order valence-corrected chi connectivity index (χ3v) is 15.8. The molecule has 0 unspecified atom stereocenters. The van der Waals surface area contributed by atoms with Crippen molar-refractivity contribution in [1.29, 1.82) is 5.26 Å². The van der Waals surface area contributed by atoms with Gasteiger partial charge in [0.2, 0.25) is 0 Å². The standard InChI is InChI=1S/C71H51N3O4/c1-70(2,3)57-25-13-21-50-52-23-15-27-59(66(52)77-64(50)57)73(46-17-9-7-10-18-46)48-31-29-41-35-54-55-37-45(40-72)63-56-36-42-30-32-49(34-44(42)39-62(56)76-69(63)68(55)75-61(54)38-43(41)33-48)74(47-19-11-8-12-20-47)60-28-16-24-53-51-22-14-26-58(71(4,5)6)65(51)78-67(53)60/h7-39H,1-6H3. The Kier molecular flexibility index (Phi) is 9.71. The van der Waals surface area contributed by atoms with Gasteiger partial charge < -0.3 is 27.5 Å². The third-order valence-electron chi connectivity index (χ3n) is 15.8. The Morgan fingerprint density at radius 1 is 0.333 bits per heavy atom. The number of nitrogens with zero attached hydrogens (tertiary/aromatic N) is 3. The summed E-state index contributed by atoms with van der Waals surface area (Å²) in [5.74, 6) is 0. The van der Waals surface area contributed by atoms with Gasteiger partial charge in [-0.15, -0.1) is 0 Å². The van der Waals surface area contributed by atoms with Crippen LogP contribution in [0.15, 0.2) is 218 Å². The average Bonchev–Trinajstić information content (AvgIpc) is 4.40. The first-order chi connectivity index (χ1) is 37.9. The van der Waals surface area contributed by atoms with E-state index in [2.05, 4.69) is 239 Å². The quantitative estimate of drug-likeness (QED) is 0.164. The van der Waals surface area contributed by atoms with E-state index in [9.17, 15) is 5.26 Å². The number of rotatable bonds is 6. The SMILES string of the molecule is CC(C)(C)c1cccc2c1oc1c(N(c3ccccc3)c3ccc4cc5c(cc4c3)oc3c5cc(C#N)c4c5cc6ccc(N(c7ccccc7)c7cccc8c7oc7c(C(C)(C)C)cccc78)cc6cc5oc34)cccc12. The molecular weight excluding hydrogens is 959 g/mol. The molecule has 0 bridgehead atoms. The molecule has 0 aliphatic carbocycles. The molecule has 7 nitrogen and oxygen atoms in total. The van der Waals surface area contributed by atoms with E-state index in [1.807, 2.05) is 18.2 Å². The van der Waals surface area contributed by atoms with Crippen molar-refractivity contribution in [2.45, 2.75) is 52.4 Å². The number of hydrogen-bond donors (Lipinski definition) is 0. The number of benzene rings is 11. The number of furan rings is 4. The first-order valence-electron chi connectivity index (χ1n) is 26.6. The molecule has 7 heteroatoms. The molecule has 0 radical (unpaired) electrons. The van der Waals surface area contributed by atoms with Gasteiger partial charge in [-0.3, -0.25) is 0 Å². The maximum Gasteiger partial charge on any atom is 0.179 e. The lowest BCUT2D eigenvalue weighted by molar-refractivity contribution is 0.572. The van der Waals surface area contributed by atoms with Crippen molar-refractivity contribution < 1.29 is 17.7 Å². The first kappa shape index (κ1) is 45.6. The van der Waals surface area contributed by atoms with Crippen molar-refractivity contribution in [3.63, 3.8) is 0 Å². The van der Waals surface area contributed by atoms with E-state index in [1.165, 1.54) is 11.1 Å². The summed E-state index contributed by atoms with van der Waals surface area (Å²) < 4.78 is 27.6. The summed E-state index contributed by atoms with van der Waals surface area (Å²) in [4.78, 5) is 4.54. The van der Waals surface area contributed by atoms with Gasteiger partial charge in [0.25, 0.3) is 0 Å². The van der Waals surface area contributed by atoms with E-state index < -0.39 is 0 Å². The molecule has 374 valence electrons. The zero-order valence-electron chi connectivity index (χ0n) is 44.0. The Balaban J connectivity index is 0.866. The predicted molar refractivity (Wildman–Crippen MR) is 322 cm³/mol. The molecule has 15 aromatic rings. The minimum absolute atomic E-state index is 0.0999. The van der Waals surface area contributed by atoms with Crippen LogP contribution in [0.1, 0.15) is 58.2 Å². The molecule has 0 fully saturated rings. The summed E-state index contributed by atoms with van der Waals surface area (Å²) in [6.07, 6.45) is 0. The van der Waals surface area contributed by atoms with Crippen molar-refractivity contribution in [2.24, 2.45) is 0 Å². The number of hydrogen-bond acceptors (Lipinski definition) is 7. The number of fused-ring (bicyclic) bond motifs is 15. The van der Waals surface area contributed by atoms with Gasteiger partial charge in [-0.2, -0.15) is 5.26 Å². The molecule has 4 aromatic heterocycles. The average molecular weight is 1010 g/mol. The Morgan fingerprint density at radius 2 is 0.782 bits per heavy atom. The fourth-order valence-electron chi connectivity index (χ4n) is 12.1. The molecule has 0 aliphatic rings.